The summed E-state index contributed by atoms with van der Waals surface area (Å²) < 4.78 is 5.92. The molecule has 0 radical (unpaired) electrons. The lowest BCUT2D eigenvalue weighted by Crippen LogP contribution is -2.52. The second kappa shape index (κ2) is 11.2. The highest BCUT2D eigenvalue weighted by molar-refractivity contribution is 5.87. The second-order valence-electron chi connectivity index (χ2n) is 8.92. The van der Waals surface area contributed by atoms with E-state index in [1.165, 1.54) is 0 Å². The number of β-amino-alcohol motifs (C(OH)–C–C–N with tert-alkyl or cyclic N) is 1. The fourth-order valence-corrected chi connectivity index (χ4v) is 4.64. The molecule has 1 aliphatic rings. The summed E-state index contributed by atoms with van der Waals surface area (Å²) in [5.41, 5.74) is 2.57. The van der Waals surface area contributed by atoms with Gasteiger partial charge in [-0.15, -0.1) is 0 Å². The van der Waals surface area contributed by atoms with Gasteiger partial charge in [-0.25, -0.2) is 0 Å². The average molecular weight is 484 g/mol. The number of aliphatic hydroxyl groups is 1. The molecular weight excluding hydrogens is 454 g/mol. The number of carbonyl (C=O) groups is 1. The minimum atomic E-state index is -0.641. The molecule has 1 amide bonds. The van der Waals surface area contributed by atoms with Crippen molar-refractivity contribution in [2.45, 2.75) is 12.0 Å². The van der Waals surface area contributed by atoms with Gasteiger partial charge in [0.15, 0.2) is 0 Å². The molecule has 1 atom stereocenters. The number of pyridine rings is 3. The first kappa shape index (κ1) is 23.8. The summed E-state index contributed by atoms with van der Waals surface area (Å²) in [4.78, 5) is 30.4. The molecule has 5 rings (SSSR count). The lowest BCUT2D eigenvalue weighted by Gasteiger charge is -2.37. The number of nitrogens with zero attached hydrogens (tertiary/aromatic N) is 5. The van der Waals surface area contributed by atoms with E-state index >= 15 is 0 Å². The summed E-state index contributed by atoms with van der Waals surface area (Å²) in [5, 5.41) is 11.5. The summed E-state index contributed by atoms with van der Waals surface area (Å²) in [7, 11) is 0. The predicted molar refractivity (Wildman–Crippen MR) is 137 cm³/mol. The maximum Gasteiger partial charge on any atom is 0.234 e. The molecule has 0 saturated carbocycles. The van der Waals surface area contributed by atoms with Gasteiger partial charge < -0.3 is 14.7 Å². The monoisotopic (exact) mass is 483 g/mol. The third kappa shape index (κ3) is 5.50. The van der Waals surface area contributed by atoms with Crippen molar-refractivity contribution in [3.63, 3.8) is 0 Å². The van der Waals surface area contributed by atoms with E-state index in [0.717, 1.165) is 22.0 Å². The molecule has 36 heavy (non-hydrogen) atoms. The Balaban J connectivity index is 1.16. The smallest absolute Gasteiger partial charge is 0.234 e. The summed E-state index contributed by atoms with van der Waals surface area (Å²) in [6, 6.07) is 17.1. The first-order valence-corrected chi connectivity index (χ1v) is 12.1. The van der Waals surface area contributed by atoms with E-state index < -0.39 is 12.0 Å². The lowest BCUT2D eigenvalue weighted by atomic mass is 9.92. The number of aromatic nitrogens is 3. The van der Waals surface area contributed by atoms with Gasteiger partial charge in [-0.05, 0) is 47.5 Å². The van der Waals surface area contributed by atoms with Crippen molar-refractivity contribution in [1.82, 2.24) is 24.8 Å². The number of benzene rings is 1. The number of amides is 1. The Morgan fingerprint density at radius 3 is 2.25 bits per heavy atom. The first-order chi connectivity index (χ1) is 17.7. The number of piperazine rings is 1. The molecule has 0 aliphatic carbocycles. The minimum absolute atomic E-state index is 0.0455. The topological polar surface area (TPSA) is 91.7 Å². The van der Waals surface area contributed by atoms with Crippen molar-refractivity contribution < 1.29 is 14.6 Å². The van der Waals surface area contributed by atoms with E-state index in [4.69, 9.17) is 4.74 Å². The SMILES string of the molecule is O=C(C(c1cccnc1)c1cccnc1)N1CCN(CC(O)COc2cccc3ncccc23)CC1. The maximum absolute atomic E-state index is 13.6. The molecule has 0 spiro atoms. The van der Waals surface area contributed by atoms with Crippen LogP contribution in [-0.4, -0.2) is 81.2 Å². The number of hydrogen-bond acceptors (Lipinski definition) is 7. The van der Waals surface area contributed by atoms with Crippen molar-refractivity contribution >= 4 is 16.8 Å². The van der Waals surface area contributed by atoms with Crippen LogP contribution in [0.1, 0.15) is 17.0 Å². The zero-order valence-electron chi connectivity index (χ0n) is 20.0. The lowest BCUT2D eigenvalue weighted by molar-refractivity contribution is -0.133. The Kier molecular flexibility index (Phi) is 7.44. The van der Waals surface area contributed by atoms with Crippen LogP contribution in [0.3, 0.4) is 0 Å². The van der Waals surface area contributed by atoms with Crippen molar-refractivity contribution in [2.75, 3.05) is 39.3 Å². The van der Waals surface area contributed by atoms with Crippen LogP contribution in [0.4, 0.5) is 0 Å². The fourth-order valence-electron chi connectivity index (χ4n) is 4.64. The summed E-state index contributed by atoms with van der Waals surface area (Å²) in [5.74, 6) is 0.323. The quantitative estimate of drug-likeness (QED) is 0.412. The number of hydrogen-bond donors (Lipinski definition) is 1. The molecule has 1 aliphatic heterocycles. The van der Waals surface area contributed by atoms with Gasteiger partial charge in [0.25, 0.3) is 0 Å². The minimum Gasteiger partial charge on any atom is -0.490 e. The van der Waals surface area contributed by atoms with Gasteiger partial charge in [-0.2, -0.15) is 0 Å². The van der Waals surface area contributed by atoms with E-state index in [2.05, 4.69) is 19.9 Å². The third-order valence-electron chi connectivity index (χ3n) is 6.47. The van der Waals surface area contributed by atoms with E-state index in [0.29, 0.717) is 38.5 Å². The number of carbonyl (C=O) groups excluding carboxylic acids is 1. The summed E-state index contributed by atoms with van der Waals surface area (Å²) in [6.45, 7) is 3.25. The largest absolute Gasteiger partial charge is 0.490 e. The zero-order chi connectivity index (χ0) is 24.7. The molecule has 1 aromatic carbocycles. The molecule has 184 valence electrons. The van der Waals surface area contributed by atoms with Crippen molar-refractivity contribution in [3.8, 4) is 5.75 Å². The average Bonchev–Trinajstić information content (AvgIpc) is 2.93. The molecular formula is C28H29N5O3. The Bertz CT molecular complexity index is 1240. The number of ether oxygens (including phenoxy) is 1. The Hall–Kier alpha value is -3.88. The Labute approximate surface area is 210 Å². The van der Waals surface area contributed by atoms with E-state index in [9.17, 15) is 9.90 Å². The molecule has 8 heteroatoms. The molecule has 8 nitrogen and oxygen atoms in total. The van der Waals surface area contributed by atoms with Crippen LogP contribution < -0.4 is 4.74 Å². The molecule has 4 heterocycles. The van der Waals surface area contributed by atoms with Crippen LogP contribution in [0.15, 0.2) is 85.6 Å². The first-order valence-electron chi connectivity index (χ1n) is 12.1. The Morgan fingerprint density at radius 1 is 0.889 bits per heavy atom. The van der Waals surface area contributed by atoms with Crippen LogP contribution in [0.25, 0.3) is 10.9 Å². The van der Waals surface area contributed by atoms with Crippen molar-refractivity contribution in [2.24, 2.45) is 0 Å². The normalized spacial score (nSPS) is 15.2. The predicted octanol–water partition coefficient (Wildman–Crippen LogP) is 2.74. The standard InChI is InChI=1S/C28H29N5O3/c34-23(20-36-26-9-1-8-25-24(26)7-4-12-31-25)19-32-13-15-33(16-14-32)28(35)27(21-5-2-10-29-17-21)22-6-3-11-30-18-22/h1-12,17-18,23,27,34H,13-16,19-20H2. The highest BCUT2D eigenvalue weighted by Crippen LogP contribution is 2.27. The van der Waals surface area contributed by atoms with Crippen LogP contribution >= 0.6 is 0 Å². The van der Waals surface area contributed by atoms with Crippen LogP contribution in [0.2, 0.25) is 0 Å². The van der Waals surface area contributed by atoms with Gasteiger partial charge in [0.05, 0.1) is 11.4 Å². The molecule has 3 aromatic heterocycles. The summed E-state index contributed by atoms with van der Waals surface area (Å²) in [6.07, 6.45) is 8.01. The number of rotatable bonds is 8. The molecule has 4 aromatic rings. The summed E-state index contributed by atoms with van der Waals surface area (Å²) >= 11 is 0. The van der Waals surface area contributed by atoms with Gasteiger partial charge in [0.1, 0.15) is 18.5 Å². The van der Waals surface area contributed by atoms with Crippen LogP contribution in [-0.2, 0) is 4.79 Å². The second-order valence-corrected chi connectivity index (χ2v) is 8.92. The van der Waals surface area contributed by atoms with Crippen LogP contribution in [0.5, 0.6) is 5.75 Å². The van der Waals surface area contributed by atoms with Gasteiger partial charge in [0, 0.05) is 69.1 Å². The van der Waals surface area contributed by atoms with Gasteiger partial charge in [0.2, 0.25) is 5.91 Å². The fraction of sp³-hybridized carbons (Fsp3) is 0.286. The van der Waals surface area contributed by atoms with Crippen molar-refractivity contribution in [1.29, 1.82) is 0 Å². The number of aliphatic hydroxyl groups excluding tert-OH is 1. The maximum atomic E-state index is 13.6. The highest BCUT2D eigenvalue weighted by Gasteiger charge is 2.30. The molecule has 0 bridgehead atoms. The van der Waals surface area contributed by atoms with E-state index in [1.807, 2.05) is 59.5 Å². The number of fused-ring (bicyclic) bond motifs is 1. The van der Waals surface area contributed by atoms with Gasteiger partial charge in [-0.3, -0.25) is 24.6 Å². The van der Waals surface area contributed by atoms with Gasteiger partial charge in [-0.1, -0.05) is 18.2 Å². The molecule has 1 unspecified atom stereocenters. The van der Waals surface area contributed by atoms with Crippen molar-refractivity contribution in [3.05, 3.63) is 96.7 Å². The molecule has 1 N–H and O–H groups in total. The highest BCUT2D eigenvalue weighted by atomic mass is 16.5. The molecule has 1 saturated heterocycles. The third-order valence-corrected chi connectivity index (χ3v) is 6.47. The molecule has 1 fully saturated rings. The Morgan fingerprint density at radius 2 is 1.58 bits per heavy atom. The van der Waals surface area contributed by atoms with Gasteiger partial charge >= 0.3 is 0 Å². The van der Waals surface area contributed by atoms with E-state index in [-0.39, 0.29) is 12.5 Å². The van der Waals surface area contributed by atoms with E-state index in [1.54, 1.807) is 31.0 Å². The zero-order valence-corrected chi connectivity index (χ0v) is 20.0. The van der Waals surface area contributed by atoms with Crippen LogP contribution in [0, 0.1) is 0 Å².